The minimum Gasteiger partial charge on any atom is -0.265 e. The third-order valence-corrected chi connectivity index (χ3v) is 4.68. The molecule has 2 heterocycles. The fourth-order valence-corrected chi connectivity index (χ4v) is 2.93. The lowest BCUT2D eigenvalue weighted by Crippen LogP contribution is -2.23. The van der Waals surface area contributed by atoms with E-state index in [1.807, 2.05) is 0 Å². The van der Waals surface area contributed by atoms with Crippen LogP contribution in [0.5, 0.6) is 0 Å². The quantitative estimate of drug-likeness (QED) is 0.627. The number of nitrogens with zero attached hydrogens (tertiary/aromatic N) is 5. The van der Waals surface area contributed by atoms with E-state index in [0.717, 1.165) is 50.8 Å². The van der Waals surface area contributed by atoms with Gasteiger partial charge in [-0.05, 0) is 52.4 Å². The van der Waals surface area contributed by atoms with Crippen molar-refractivity contribution in [3.63, 3.8) is 0 Å². The van der Waals surface area contributed by atoms with Gasteiger partial charge in [0.2, 0.25) is 9.84 Å². The summed E-state index contributed by atoms with van der Waals surface area (Å²) in [6, 6.07) is 7.80. The van der Waals surface area contributed by atoms with Gasteiger partial charge in [0.25, 0.3) is 0 Å². The van der Waals surface area contributed by atoms with Gasteiger partial charge in [-0.25, -0.2) is 17.6 Å². The van der Waals surface area contributed by atoms with Gasteiger partial charge in [0.15, 0.2) is 0 Å². The average molecular weight is 361 g/mol. The molecule has 0 bridgehead atoms. The standard InChI is InChI=1S/C15H12FN5O3S/c16-13-1-3-14(4-2-13)25(23,24)10-9-20-15(22)21(19-18-20)11-12-5-7-17-8-6-12/h1-10H,11H2/b10-9+. The van der Waals surface area contributed by atoms with Crippen molar-refractivity contribution in [2.75, 3.05) is 0 Å². The predicted octanol–water partition coefficient (Wildman–Crippen LogP) is 0.924. The van der Waals surface area contributed by atoms with Crippen LogP contribution in [0.2, 0.25) is 0 Å². The van der Waals surface area contributed by atoms with Crippen LogP contribution in [0.1, 0.15) is 5.56 Å². The Kier molecular flexibility index (Phi) is 4.52. The number of pyridine rings is 1. The van der Waals surface area contributed by atoms with Crippen LogP contribution in [-0.2, 0) is 16.4 Å². The topological polar surface area (TPSA) is 99.7 Å². The summed E-state index contributed by atoms with van der Waals surface area (Å²) in [5.74, 6) is -0.543. The van der Waals surface area contributed by atoms with Crippen LogP contribution in [-0.4, -0.2) is 33.2 Å². The van der Waals surface area contributed by atoms with Crippen molar-refractivity contribution >= 4 is 16.0 Å². The van der Waals surface area contributed by atoms with Crippen LogP contribution in [0.15, 0.2) is 63.9 Å². The van der Waals surface area contributed by atoms with Crippen LogP contribution in [0.4, 0.5) is 4.39 Å². The molecule has 0 unspecified atom stereocenters. The monoisotopic (exact) mass is 361 g/mol. The van der Waals surface area contributed by atoms with Crippen molar-refractivity contribution in [1.29, 1.82) is 0 Å². The smallest absolute Gasteiger partial charge is 0.265 e. The molecule has 0 aliphatic rings. The van der Waals surface area contributed by atoms with Crippen LogP contribution >= 0.6 is 0 Å². The number of aromatic nitrogens is 5. The van der Waals surface area contributed by atoms with E-state index in [1.54, 1.807) is 24.5 Å². The van der Waals surface area contributed by atoms with E-state index in [1.165, 1.54) is 0 Å². The molecule has 0 saturated carbocycles. The molecular formula is C15H12FN5O3S. The van der Waals surface area contributed by atoms with Crippen molar-refractivity contribution < 1.29 is 12.8 Å². The number of tetrazole rings is 1. The molecular weight excluding hydrogens is 349 g/mol. The number of sulfone groups is 1. The number of hydrogen-bond donors (Lipinski definition) is 0. The lowest BCUT2D eigenvalue weighted by Gasteiger charge is -1.98. The van der Waals surface area contributed by atoms with Gasteiger partial charge in [0.05, 0.1) is 16.8 Å². The summed E-state index contributed by atoms with van der Waals surface area (Å²) in [6.45, 7) is 0.180. The highest BCUT2D eigenvalue weighted by atomic mass is 32.2. The van der Waals surface area contributed by atoms with Crippen LogP contribution in [0, 0.1) is 5.82 Å². The largest absolute Gasteiger partial charge is 0.368 e. The van der Waals surface area contributed by atoms with Crippen molar-refractivity contribution in [2.24, 2.45) is 0 Å². The lowest BCUT2D eigenvalue weighted by molar-refractivity contribution is 0.603. The minimum absolute atomic E-state index is 0.0950. The molecule has 3 aromatic rings. The second kappa shape index (κ2) is 6.77. The van der Waals surface area contributed by atoms with Crippen LogP contribution in [0.25, 0.3) is 6.20 Å². The van der Waals surface area contributed by atoms with Gasteiger partial charge in [-0.3, -0.25) is 4.98 Å². The fraction of sp³-hybridized carbons (Fsp3) is 0.0667. The van der Waals surface area contributed by atoms with Gasteiger partial charge in [0.1, 0.15) is 5.82 Å². The third kappa shape index (κ3) is 3.86. The fourth-order valence-electron chi connectivity index (χ4n) is 1.98. The molecule has 3 rings (SSSR count). The molecule has 0 saturated heterocycles. The average Bonchev–Trinajstić information content (AvgIpc) is 2.95. The predicted molar refractivity (Wildman–Crippen MR) is 86.5 cm³/mol. The van der Waals surface area contributed by atoms with E-state index in [-0.39, 0.29) is 11.4 Å². The molecule has 0 N–H and O–H groups in total. The molecule has 128 valence electrons. The van der Waals surface area contributed by atoms with E-state index >= 15 is 0 Å². The van der Waals surface area contributed by atoms with E-state index < -0.39 is 21.3 Å². The summed E-state index contributed by atoms with van der Waals surface area (Å²) in [4.78, 5) is 15.9. The van der Waals surface area contributed by atoms with E-state index in [2.05, 4.69) is 15.4 Å². The van der Waals surface area contributed by atoms with Gasteiger partial charge < -0.3 is 0 Å². The van der Waals surface area contributed by atoms with Gasteiger partial charge in [0, 0.05) is 18.6 Å². The number of benzene rings is 1. The second-order valence-electron chi connectivity index (χ2n) is 5.00. The molecule has 0 aliphatic carbocycles. The molecule has 0 aliphatic heterocycles. The summed E-state index contributed by atoms with van der Waals surface area (Å²) in [6.07, 6.45) is 4.16. The highest BCUT2D eigenvalue weighted by molar-refractivity contribution is 7.94. The molecule has 0 radical (unpaired) electrons. The van der Waals surface area contributed by atoms with Crippen molar-refractivity contribution in [2.45, 2.75) is 11.4 Å². The SMILES string of the molecule is O=c1n(/C=C/S(=O)(=O)c2ccc(F)cc2)nnn1Cc1ccncc1. The number of hydrogen-bond acceptors (Lipinski definition) is 6. The molecule has 0 fully saturated rings. The Morgan fingerprint density at radius 3 is 2.40 bits per heavy atom. The summed E-state index contributed by atoms with van der Waals surface area (Å²) in [7, 11) is -3.83. The maximum Gasteiger partial charge on any atom is 0.368 e. The first-order valence-electron chi connectivity index (χ1n) is 7.06. The molecule has 2 aromatic heterocycles. The first kappa shape index (κ1) is 16.7. The maximum absolute atomic E-state index is 12.9. The Bertz CT molecular complexity index is 1060. The Morgan fingerprint density at radius 1 is 1.04 bits per heavy atom. The summed E-state index contributed by atoms with van der Waals surface area (Å²) in [5.41, 5.74) is 0.203. The van der Waals surface area contributed by atoms with Crippen LogP contribution < -0.4 is 5.69 Å². The molecule has 25 heavy (non-hydrogen) atoms. The van der Waals surface area contributed by atoms with E-state index in [9.17, 15) is 17.6 Å². The van der Waals surface area contributed by atoms with Crippen molar-refractivity contribution in [3.8, 4) is 0 Å². The first-order chi connectivity index (χ1) is 12.0. The van der Waals surface area contributed by atoms with Crippen LogP contribution in [0.3, 0.4) is 0 Å². The zero-order valence-corrected chi connectivity index (χ0v) is 13.5. The zero-order valence-electron chi connectivity index (χ0n) is 12.7. The summed E-state index contributed by atoms with van der Waals surface area (Å²) in [5, 5.41) is 8.12. The van der Waals surface area contributed by atoms with Gasteiger partial charge in [-0.15, -0.1) is 0 Å². The Balaban J connectivity index is 1.82. The normalized spacial score (nSPS) is 11.9. The van der Waals surface area contributed by atoms with Gasteiger partial charge in [-0.1, -0.05) is 0 Å². The van der Waals surface area contributed by atoms with E-state index in [0.29, 0.717) is 0 Å². The molecule has 8 nitrogen and oxygen atoms in total. The highest BCUT2D eigenvalue weighted by Gasteiger charge is 2.11. The van der Waals surface area contributed by atoms with Crippen molar-refractivity contribution in [3.05, 3.63) is 76.1 Å². The third-order valence-electron chi connectivity index (χ3n) is 3.27. The van der Waals surface area contributed by atoms with Crippen molar-refractivity contribution in [1.82, 2.24) is 24.8 Å². The van der Waals surface area contributed by atoms with E-state index in [4.69, 9.17) is 0 Å². The lowest BCUT2D eigenvalue weighted by atomic mass is 10.3. The molecule has 10 heteroatoms. The maximum atomic E-state index is 12.9. The Hall–Kier alpha value is -3.14. The number of halogens is 1. The number of rotatable bonds is 5. The van der Waals surface area contributed by atoms with Gasteiger partial charge >= 0.3 is 5.69 Å². The summed E-state index contributed by atoms with van der Waals surface area (Å²) >= 11 is 0. The Morgan fingerprint density at radius 2 is 1.72 bits per heavy atom. The zero-order chi connectivity index (χ0) is 17.9. The second-order valence-corrected chi connectivity index (χ2v) is 6.84. The molecule has 0 atom stereocenters. The molecule has 0 amide bonds. The molecule has 1 aromatic carbocycles. The summed E-state index contributed by atoms with van der Waals surface area (Å²) < 4.78 is 39.1. The first-order valence-corrected chi connectivity index (χ1v) is 8.60. The minimum atomic E-state index is -3.83. The highest BCUT2D eigenvalue weighted by Crippen LogP contribution is 2.12. The van der Waals surface area contributed by atoms with Gasteiger partial charge in [-0.2, -0.15) is 9.36 Å². The molecule has 0 spiro atoms. The Labute approximate surface area is 141 Å².